The highest BCUT2D eigenvalue weighted by Crippen LogP contribution is 2.47. The Labute approximate surface area is 132 Å². The van der Waals surface area contributed by atoms with Crippen molar-refractivity contribution in [3.63, 3.8) is 0 Å². The van der Waals surface area contributed by atoms with E-state index in [1.807, 2.05) is 18.2 Å². The molecule has 2 aliphatic rings. The van der Waals surface area contributed by atoms with Crippen molar-refractivity contribution in [3.05, 3.63) is 28.8 Å². The highest BCUT2D eigenvalue weighted by molar-refractivity contribution is 6.30. The van der Waals surface area contributed by atoms with E-state index in [0.29, 0.717) is 6.04 Å². The number of halogens is 1. The van der Waals surface area contributed by atoms with Crippen molar-refractivity contribution in [2.45, 2.75) is 57.3 Å². The average molecular weight is 310 g/mol. The summed E-state index contributed by atoms with van der Waals surface area (Å²) in [4.78, 5) is 0. The Morgan fingerprint density at radius 2 is 2.19 bits per heavy atom. The third-order valence-electron chi connectivity index (χ3n) is 4.50. The standard InChI is InChI=1S/C17H24ClNO2/c1-4-19-14-10-17(7-8-20-16(2,3)11-17)21-15-6-5-12(18)9-13(14)15/h5-6,9,14,19H,4,7-8,10-11H2,1-3H3. The fourth-order valence-electron chi connectivity index (χ4n) is 3.76. The van der Waals surface area contributed by atoms with Crippen LogP contribution in [0.25, 0.3) is 0 Å². The maximum Gasteiger partial charge on any atom is 0.125 e. The Balaban J connectivity index is 1.95. The lowest BCUT2D eigenvalue weighted by Gasteiger charge is -2.49. The molecule has 0 bridgehead atoms. The summed E-state index contributed by atoms with van der Waals surface area (Å²) in [5.74, 6) is 0.967. The first-order valence-corrected chi connectivity index (χ1v) is 8.17. The lowest BCUT2D eigenvalue weighted by molar-refractivity contribution is -0.142. The molecule has 0 saturated carbocycles. The molecule has 0 aliphatic carbocycles. The first kappa shape index (κ1) is 15.1. The average Bonchev–Trinajstić information content (AvgIpc) is 2.39. The number of hydrogen-bond donors (Lipinski definition) is 1. The van der Waals surface area contributed by atoms with Gasteiger partial charge in [-0.05, 0) is 38.6 Å². The van der Waals surface area contributed by atoms with Gasteiger partial charge in [-0.1, -0.05) is 18.5 Å². The van der Waals surface area contributed by atoms with Gasteiger partial charge in [0, 0.05) is 35.9 Å². The van der Waals surface area contributed by atoms with Crippen molar-refractivity contribution < 1.29 is 9.47 Å². The molecule has 2 heterocycles. The normalized spacial score (nSPS) is 30.8. The lowest BCUT2D eigenvalue weighted by atomic mass is 9.77. The molecule has 3 nitrogen and oxygen atoms in total. The molecule has 1 N–H and O–H groups in total. The summed E-state index contributed by atoms with van der Waals surface area (Å²) in [6.07, 6.45) is 2.84. The van der Waals surface area contributed by atoms with E-state index >= 15 is 0 Å². The van der Waals surface area contributed by atoms with Gasteiger partial charge in [0.25, 0.3) is 0 Å². The van der Waals surface area contributed by atoms with Crippen molar-refractivity contribution in [2.24, 2.45) is 0 Å². The quantitative estimate of drug-likeness (QED) is 0.892. The molecule has 0 amide bonds. The van der Waals surface area contributed by atoms with Crippen LogP contribution in [0.2, 0.25) is 5.02 Å². The van der Waals surface area contributed by atoms with Crippen LogP contribution >= 0.6 is 11.6 Å². The molecule has 1 spiro atoms. The Kier molecular flexibility index (Phi) is 3.93. The van der Waals surface area contributed by atoms with Crippen molar-refractivity contribution in [1.82, 2.24) is 5.32 Å². The zero-order valence-electron chi connectivity index (χ0n) is 13.0. The second-order valence-corrected chi connectivity index (χ2v) is 7.25. The largest absolute Gasteiger partial charge is 0.487 e. The first-order chi connectivity index (χ1) is 9.93. The van der Waals surface area contributed by atoms with Crippen molar-refractivity contribution in [3.8, 4) is 5.75 Å². The molecule has 1 fully saturated rings. The van der Waals surface area contributed by atoms with Crippen LogP contribution in [0.3, 0.4) is 0 Å². The van der Waals surface area contributed by atoms with Gasteiger partial charge < -0.3 is 14.8 Å². The van der Waals surface area contributed by atoms with Crippen LogP contribution in [0.1, 0.15) is 51.6 Å². The van der Waals surface area contributed by atoms with E-state index in [1.54, 1.807) is 0 Å². The van der Waals surface area contributed by atoms with Gasteiger partial charge in [0.05, 0.1) is 12.2 Å². The smallest absolute Gasteiger partial charge is 0.125 e. The molecule has 1 aromatic rings. The Hall–Kier alpha value is -0.770. The van der Waals surface area contributed by atoms with Gasteiger partial charge in [0.1, 0.15) is 11.4 Å². The van der Waals surface area contributed by atoms with Gasteiger partial charge in [-0.3, -0.25) is 0 Å². The minimum Gasteiger partial charge on any atom is -0.487 e. The number of nitrogens with one attached hydrogen (secondary N) is 1. The second kappa shape index (κ2) is 5.45. The maximum atomic E-state index is 6.45. The Morgan fingerprint density at radius 3 is 2.90 bits per heavy atom. The van der Waals surface area contributed by atoms with Crippen LogP contribution in [0.4, 0.5) is 0 Å². The minimum atomic E-state index is -0.130. The zero-order valence-corrected chi connectivity index (χ0v) is 13.8. The summed E-state index contributed by atoms with van der Waals surface area (Å²) < 4.78 is 12.3. The van der Waals surface area contributed by atoms with E-state index in [4.69, 9.17) is 21.1 Å². The molecule has 2 unspecified atom stereocenters. The molecule has 0 aromatic heterocycles. The molecular formula is C17H24ClNO2. The fraction of sp³-hybridized carbons (Fsp3) is 0.647. The molecule has 4 heteroatoms. The molecular weight excluding hydrogens is 286 g/mol. The molecule has 2 atom stereocenters. The van der Waals surface area contributed by atoms with E-state index < -0.39 is 0 Å². The SMILES string of the molecule is CCNC1CC2(CCOC(C)(C)C2)Oc2ccc(Cl)cc21. The molecule has 0 radical (unpaired) electrons. The summed E-state index contributed by atoms with van der Waals surface area (Å²) >= 11 is 6.16. The van der Waals surface area contributed by atoms with E-state index in [2.05, 4.69) is 26.1 Å². The van der Waals surface area contributed by atoms with E-state index in [0.717, 1.165) is 43.2 Å². The van der Waals surface area contributed by atoms with E-state index in [-0.39, 0.29) is 11.2 Å². The van der Waals surface area contributed by atoms with Crippen LogP contribution in [0, 0.1) is 0 Å². The predicted molar refractivity (Wildman–Crippen MR) is 85.1 cm³/mol. The van der Waals surface area contributed by atoms with Crippen molar-refractivity contribution in [1.29, 1.82) is 0 Å². The van der Waals surface area contributed by atoms with Crippen LogP contribution < -0.4 is 10.1 Å². The molecule has 2 aliphatic heterocycles. The van der Waals surface area contributed by atoms with Gasteiger partial charge in [0.15, 0.2) is 0 Å². The van der Waals surface area contributed by atoms with E-state index in [9.17, 15) is 0 Å². The number of benzene rings is 1. The first-order valence-electron chi connectivity index (χ1n) is 7.79. The third kappa shape index (κ3) is 3.05. The predicted octanol–water partition coefficient (Wildman–Crippen LogP) is 4.10. The fourth-order valence-corrected chi connectivity index (χ4v) is 3.94. The summed E-state index contributed by atoms with van der Waals surface area (Å²) in [5.41, 5.74) is 0.924. The van der Waals surface area contributed by atoms with Crippen molar-refractivity contribution >= 4 is 11.6 Å². The number of rotatable bonds is 2. The molecule has 1 saturated heterocycles. The number of ether oxygens (including phenoxy) is 2. The Morgan fingerprint density at radius 1 is 1.38 bits per heavy atom. The topological polar surface area (TPSA) is 30.5 Å². The molecule has 1 aromatic carbocycles. The summed E-state index contributed by atoms with van der Waals surface area (Å²) in [6, 6.07) is 6.24. The van der Waals surface area contributed by atoms with Gasteiger partial charge >= 0.3 is 0 Å². The highest BCUT2D eigenvalue weighted by Gasteiger charge is 2.47. The molecule has 21 heavy (non-hydrogen) atoms. The van der Waals surface area contributed by atoms with Gasteiger partial charge in [-0.2, -0.15) is 0 Å². The third-order valence-corrected chi connectivity index (χ3v) is 4.73. The van der Waals surface area contributed by atoms with Gasteiger partial charge in [0.2, 0.25) is 0 Å². The van der Waals surface area contributed by atoms with Crippen LogP contribution in [0.15, 0.2) is 18.2 Å². The monoisotopic (exact) mass is 309 g/mol. The van der Waals surface area contributed by atoms with Crippen molar-refractivity contribution in [2.75, 3.05) is 13.2 Å². The van der Waals surface area contributed by atoms with Gasteiger partial charge in [-0.15, -0.1) is 0 Å². The van der Waals surface area contributed by atoms with Gasteiger partial charge in [-0.25, -0.2) is 0 Å². The Bertz CT molecular complexity index is 532. The van der Waals surface area contributed by atoms with E-state index in [1.165, 1.54) is 5.56 Å². The van der Waals surface area contributed by atoms with Crippen LogP contribution in [-0.2, 0) is 4.74 Å². The maximum absolute atomic E-state index is 6.45. The number of hydrogen-bond acceptors (Lipinski definition) is 3. The highest BCUT2D eigenvalue weighted by atomic mass is 35.5. The molecule has 3 rings (SSSR count). The van der Waals surface area contributed by atoms with Crippen LogP contribution in [-0.4, -0.2) is 24.4 Å². The lowest BCUT2D eigenvalue weighted by Crippen LogP contribution is -2.53. The second-order valence-electron chi connectivity index (χ2n) is 6.82. The summed E-state index contributed by atoms with van der Waals surface area (Å²) in [5, 5.41) is 4.35. The number of fused-ring (bicyclic) bond motifs is 1. The molecule has 116 valence electrons. The summed E-state index contributed by atoms with van der Waals surface area (Å²) in [6.45, 7) is 8.13. The minimum absolute atomic E-state index is 0.126. The summed E-state index contributed by atoms with van der Waals surface area (Å²) in [7, 11) is 0. The van der Waals surface area contributed by atoms with Crippen LogP contribution in [0.5, 0.6) is 5.75 Å². The zero-order chi connectivity index (χ0) is 15.1.